The van der Waals surface area contributed by atoms with Gasteiger partial charge in [-0.05, 0) is 36.8 Å². The molecule has 2 N–H and O–H groups in total. The van der Waals surface area contributed by atoms with E-state index in [1.807, 2.05) is 36.6 Å². The number of aromatic nitrogens is 1. The monoisotopic (exact) mass is 429 g/mol. The van der Waals surface area contributed by atoms with Crippen LogP contribution in [-0.4, -0.2) is 22.6 Å². The van der Waals surface area contributed by atoms with Crippen LogP contribution in [-0.2, 0) is 9.59 Å². The van der Waals surface area contributed by atoms with Gasteiger partial charge in [0.2, 0.25) is 11.8 Å². The van der Waals surface area contributed by atoms with Crippen LogP contribution in [0.25, 0.3) is 11.3 Å². The highest BCUT2D eigenvalue weighted by atomic mass is 32.2. The highest BCUT2D eigenvalue weighted by Gasteiger charge is 2.10. The second-order valence-corrected chi connectivity index (χ2v) is 8.28. The van der Waals surface area contributed by atoms with E-state index in [9.17, 15) is 14.0 Å². The molecule has 0 fully saturated rings. The van der Waals surface area contributed by atoms with Crippen LogP contribution in [0.15, 0.2) is 58.8 Å². The van der Waals surface area contributed by atoms with Gasteiger partial charge < -0.3 is 10.6 Å². The van der Waals surface area contributed by atoms with E-state index in [0.717, 1.165) is 21.7 Å². The molecular formula is C21H20FN3O2S2. The zero-order chi connectivity index (χ0) is 20.8. The molecule has 2 aromatic carbocycles. The Kier molecular flexibility index (Phi) is 7.00. The SMILES string of the molecule is CC(=O)NC(C)c1ccc(-c2csc(NC(=O)CSc3ccc(F)cc3)n2)cc1. The van der Waals surface area contributed by atoms with E-state index in [1.54, 1.807) is 12.1 Å². The summed E-state index contributed by atoms with van der Waals surface area (Å²) in [4.78, 5) is 28.6. The molecule has 0 saturated heterocycles. The molecule has 3 rings (SSSR count). The summed E-state index contributed by atoms with van der Waals surface area (Å²) in [7, 11) is 0. The van der Waals surface area contributed by atoms with E-state index in [4.69, 9.17) is 0 Å². The Bertz CT molecular complexity index is 988. The highest BCUT2D eigenvalue weighted by molar-refractivity contribution is 8.00. The van der Waals surface area contributed by atoms with Crippen molar-refractivity contribution in [2.45, 2.75) is 24.8 Å². The van der Waals surface area contributed by atoms with Crippen molar-refractivity contribution < 1.29 is 14.0 Å². The van der Waals surface area contributed by atoms with Gasteiger partial charge in [-0.2, -0.15) is 0 Å². The third-order valence-corrected chi connectivity index (χ3v) is 5.83. The number of amides is 2. The van der Waals surface area contributed by atoms with Crippen molar-refractivity contribution in [1.29, 1.82) is 0 Å². The van der Waals surface area contributed by atoms with Gasteiger partial charge in [0.05, 0.1) is 17.5 Å². The van der Waals surface area contributed by atoms with Crippen molar-refractivity contribution in [3.8, 4) is 11.3 Å². The van der Waals surface area contributed by atoms with E-state index in [-0.39, 0.29) is 29.4 Å². The lowest BCUT2D eigenvalue weighted by Gasteiger charge is -2.13. The van der Waals surface area contributed by atoms with Crippen molar-refractivity contribution in [3.05, 3.63) is 65.3 Å². The molecule has 1 atom stereocenters. The summed E-state index contributed by atoms with van der Waals surface area (Å²) in [6.07, 6.45) is 0. The molecule has 1 aromatic heterocycles. The van der Waals surface area contributed by atoms with Crippen molar-refractivity contribution in [3.63, 3.8) is 0 Å². The summed E-state index contributed by atoms with van der Waals surface area (Å²) >= 11 is 2.69. The molecule has 0 aliphatic rings. The van der Waals surface area contributed by atoms with Crippen LogP contribution in [0.4, 0.5) is 9.52 Å². The minimum absolute atomic E-state index is 0.0644. The number of thioether (sulfide) groups is 1. The van der Waals surface area contributed by atoms with Crippen molar-refractivity contribution in [2.24, 2.45) is 0 Å². The second-order valence-electron chi connectivity index (χ2n) is 6.37. The average molecular weight is 430 g/mol. The number of benzene rings is 2. The zero-order valence-corrected chi connectivity index (χ0v) is 17.6. The van der Waals surface area contributed by atoms with Crippen LogP contribution >= 0.6 is 23.1 Å². The predicted octanol–water partition coefficient (Wildman–Crippen LogP) is 4.88. The van der Waals surface area contributed by atoms with Crippen LogP contribution < -0.4 is 10.6 Å². The molecule has 1 unspecified atom stereocenters. The Morgan fingerprint density at radius 1 is 1.14 bits per heavy atom. The van der Waals surface area contributed by atoms with Crippen LogP contribution in [0.5, 0.6) is 0 Å². The van der Waals surface area contributed by atoms with Gasteiger partial charge in [-0.3, -0.25) is 9.59 Å². The van der Waals surface area contributed by atoms with Gasteiger partial charge in [-0.1, -0.05) is 24.3 Å². The molecule has 29 heavy (non-hydrogen) atoms. The number of halogens is 1. The molecule has 0 aliphatic carbocycles. The predicted molar refractivity (Wildman–Crippen MR) is 116 cm³/mol. The van der Waals surface area contributed by atoms with E-state index < -0.39 is 0 Å². The molecule has 150 valence electrons. The Morgan fingerprint density at radius 2 is 1.83 bits per heavy atom. The number of carbonyl (C=O) groups excluding carboxylic acids is 2. The fraction of sp³-hybridized carbons (Fsp3) is 0.190. The Hall–Kier alpha value is -2.71. The lowest BCUT2D eigenvalue weighted by Crippen LogP contribution is -2.23. The largest absolute Gasteiger partial charge is 0.350 e. The fourth-order valence-electron chi connectivity index (χ4n) is 2.63. The first-order chi connectivity index (χ1) is 13.9. The third-order valence-electron chi connectivity index (χ3n) is 4.06. The molecule has 0 aliphatic heterocycles. The summed E-state index contributed by atoms with van der Waals surface area (Å²) < 4.78 is 12.9. The van der Waals surface area contributed by atoms with Gasteiger partial charge in [0.1, 0.15) is 5.82 Å². The number of nitrogens with one attached hydrogen (secondary N) is 2. The van der Waals surface area contributed by atoms with Crippen LogP contribution in [0.2, 0.25) is 0 Å². The number of carbonyl (C=O) groups is 2. The maximum absolute atomic E-state index is 12.9. The summed E-state index contributed by atoms with van der Waals surface area (Å²) in [5, 5.41) is 8.05. The summed E-state index contributed by atoms with van der Waals surface area (Å²) in [6, 6.07) is 13.8. The standard InChI is InChI=1S/C21H20FN3O2S2/c1-13(23-14(2)26)15-3-5-16(6-4-15)19-11-29-21(24-19)25-20(27)12-28-18-9-7-17(22)8-10-18/h3-11,13H,12H2,1-2H3,(H,23,26)(H,24,25,27). The maximum Gasteiger partial charge on any atom is 0.236 e. The third kappa shape index (κ3) is 6.13. The first-order valence-corrected chi connectivity index (χ1v) is 10.8. The molecule has 0 bridgehead atoms. The Balaban J connectivity index is 1.56. The number of hydrogen-bond acceptors (Lipinski definition) is 5. The van der Waals surface area contributed by atoms with E-state index >= 15 is 0 Å². The number of anilines is 1. The van der Waals surface area contributed by atoms with E-state index in [1.165, 1.54) is 42.2 Å². The van der Waals surface area contributed by atoms with Crippen LogP contribution in [0, 0.1) is 5.82 Å². The molecule has 3 aromatic rings. The first-order valence-electron chi connectivity index (χ1n) is 8.92. The number of thiazole rings is 1. The van der Waals surface area contributed by atoms with Crippen molar-refractivity contribution in [1.82, 2.24) is 10.3 Å². The summed E-state index contributed by atoms with van der Waals surface area (Å²) in [5.41, 5.74) is 2.71. The molecule has 0 spiro atoms. The molecule has 0 radical (unpaired) electrons. The zero-order valence-electron chi connectivity index (χ0n) is 15.9. The van der Waals surface area contributed by atoms with Crippen molar-refractivity contribution >= 4 is 40.0 Å². The number of rotatable bonds is 7. The number of nitrogens with zero attached hydrogens (tertiary/aromatic N) is 1. The van der Waals surface area contributed by atoms with Gasteiger partial charge in [-0.15, -0.1) is 23.1 Å². The van der Waals surface area contributed by atoms with Crippen LogP contribution in [0.1, 0.15) is 25.5 Å². The van der Waals surface area contributed by atoms with Gasteiger partial charge in [-0.25, -0.2) is 9.37 Å². The van der Waals surface area contributed by atoms with E-state index in [0.29, 0.717) is 5.13 Å². The minimum atomic E-state index is -0.299. The van der Waals surface area contributed by atoms with Gasteiger partial charge in [0, 0.05) is 22.8 Å². The van der Waals surface area contributed by atoms with Gasteiger partial charge >= 0.3 is 0 Å². The smallest absolute Gasteiger partial charge is 0.236 e. The Morgan fingerprint density at radius 3 is 2.48 bits per heavy atom. The first kappa shape index (κ1) is 21.0. The molecule has 2 amide bonds. The lowest BCUT2D eigenvalue weighted by molar-refractivity contribution is -0.119. The summed E-state index contributed by atoms with van der Waals surface area (Å²) in [5.74, 6) is -0.318. The summed E-state index contributed by atoms with van der Waals surface area (Å²) in [6.45, 7) is 3.42. The minimum Gasteiger partial charge on any atom is -0.350 e. The number of hydrogen-bond donors (Lipinski definition) is 2. The van der Waals surface area contributed by atoms with E-state index in [2.05, 4.69) is 15.6 Å². The fourth-order valence-corrected chi connectivity index (χ4v) is 4.06. The van der Waals surface area contributed by atoms with Crippen molar-refractivity contribution in [2.75, 3.05) is 11.1 Å². The van der Waals surface area contributed by atoms with Crippen LogP contribution in [0.3, 0.4) is 0 Å². The maximum atomic E-state index is 12.9. The quantitative estimate of drug-likeness (QED) is 0.525. The second kappa shape index (κ2) is 9.67. The molecule has 0 saturated carbocycles. The normalized spacial score (nSPS) is 11.7. The molecular weight excluding hydrogens is 409 g/mol. The van der Waals surface area contributed by atoms with Gasteiger partial charge in [0.25, 0.3) is 0 Å². The molecule has 1 heterocycles. The lowest BCUT2D eigenvalue weighted by atomic mass is 10.1. The topological polar surface area (TPSA) is 71.1 Å². The molecule has 8 heteroatoms. The highest BCUT2D eigenvalue weighted by Crippen LogP contribution is 2.26. The average Bonchev–Trinajstić information content (AvgIpc) is 3.15. The Labute approximate surface area is 176 Å². The molecule has 5 nitrogen and oxygen atoms in total. The van der Waals surface area contributed by atoms with Gasteiger partial charge in [0.15, 0.2) is 5.13 Å².